The summed E-state index contributed by atoms with van der Waals surface area (Å²) in [5, 5.41) is 35.2. The summed E-state index contributed by atoms with van der Waals surface area (Å²) in [7, 11) is 1.61. The normalized spacial score (nSPS) is 17.0. The van der Waals surface area contributed by atoms with Crippen molar-refractivity contribution in [2.45, 2.75) is 58.1 Å². The van der Waals surface area contributed by atoms with E-state index in [4.69, 9.17) is 25.4 Å². The number of ether oxygens (including phenoxy) is 1. The van der Waals surface area contributed by atoms with Gasteiger partial charge in [0.15, 0.2) is 0 Å². The maximum absolute atomic E-state index is 10.0. The van der Waals surface area contributed by atoms with Crippen LogP contribution in [0.3, 0.4) is 0 Å². The minimum atomic E-state index is -0.250. The molecule has 0 aliphatic heterocycles. The Kier molecular flexibility index (Phi) is 9.41. The molecule has 3 heterocycles. The van der Waals surface area contributed by atoms with Crippen molar-refractivity contribution in [1.82, 2.24) is 14.6 Å². The lowest BCUT2D eigenvalue weighted by atomic mass is 9.93. The van der Waals surface area contributed by atoms with E-state index >= 15 is 0 Å². The molecule has 1 aromatic carbocycles. The van der Waals surface area contributed by atoms with Crippen LogP contribution < -0.4 is 15.8 Å². The number of nitrogens with one attached hydrogen (secondary N) is 1. The third-order valence-corrected chi connectivity index (χ3v) is 7.25. The molecule has 5 rings (SSSR count). The van der Waals surface area contributed by atoms with Gasteiger partial charge in [0, 0.05) is 35.6 Å². The van der Waals surface area contributed by atoms with Gasteiger partial charge in [-0.3, -0.25) is 4.79 Å². The third kappa shape index (κ3) is 6.75. The van der Waals surface area contributed by atoms with Crippen LogP contribution in [-0.2, 0) is 11.2 Å². The molecule has 1 aliphatic rings. The number of anilines is 1. The number of carbonyl (C=O) groups is 1. The number of fused-ring (bicyclic) bond motifs is 1. The molecule has 0 saturated heterocycles. The molecule has 0 amide bonds. The van der Waals surface area contributed by atoms with Crippen LogP contribution in [0.15, 0.2) is 53.9 Å². The van der Waals surface area contributed by atoms with Crippen molar-refractivity contribution < 1.29 is 24.9 Å². The molecule has 11 nitrogen and oxygen atoms in total. The van der Waals surface area contributed by atoms with Gasteiger partial charge in [0.25, 0.3) is 6.47 Å². The van der Waals surface area contributed by atoms with Crippen molar-refractivity contribution in [3.05, 3.63) is 65.6 Å². The van der Waals surface area contributed by atoms with Crippen molar-refractivity contribution in [1.29, 1.82) is 0 Å². The number of aliphatic hydroxyl groups excluding tert-OH is 1. The Morgan fingerprint density at radius 3 is 2.61 bits per heavy atom. The molecule has 0 spiro atoms. The van der Waals surface area contributed by atoms with Gasteiger partial charge in [-0.2, -0.15) is 5.10 Å². The topological polar surface area (TPSA) is 168 Å². The van der Waals surface area contributed by atoms with Crippen LogP contribution in [0.5, 0.6) is 11.6 Å². The summed E-state index contributed by atoms with van der Waals surface area (Å²) in [5.74, 6) is 1.11. The molecular weight excluding hydrogens is 524 g/mol. The molecule has 1 aliphatic carbocycles. The molecule has 1 fully saturated rings. The molecule has 4 aromatic rings. The number of rotatable bonds is 7. The predicted molar refractivity (Wildman–Crippen MR) is 158 cm³/mol. The Morgan fingerprint density at radius 2 is 1.95 bits per heavy atom. The second kappa shape index (κ2) is 13.1. The Morgan fingerprint density at radius 1 is 1.22 bits per heavy atom. The summed E-state index contributed by atoms with van der Waals surface area (Å²) < 4.78 is 7.11. The molecule has 41 heavy (non-hydrogen) atoms. The number of phenolic OH excluding ortho intramolecular Hbond substituents is 1. The lowest BCUT2D eigenvalue weighted by Crippen LogP contribution is -2.29. The largest absolute Gasteiger partial charge is 0.508 e. The lowest BCUT2D eigenvalue weighted by molar-refractivity contribution is -0.122. The monoisotopic (exact) mass is 560 g/mol. The molecule has 0 atom stereocenters. The van der Waals surface area contributed by atoms with Crippen LogP contribution in [0.25, 0.3) is 16.6 Å². The van der Waals surface area contributed by atoms with Crippen molar-refractivity contribution in [2.75, 3.05) is 12.4 Å². The number of pyridine rings is 1. The van der Waals surface area contributed by atoms with E-state index in [0.29, 0.717) is 29.4 Å². The maximum Gasteiger partial charge on any atom is 0.290 e. The first-order chi connectivity index (χ1) is 19.8. The highest BCUT2D eigenvalue weighted by molar-refractivity contribution is 6.06. The quantitative estimate of drug-likeness (QED) is 0.125. The van der Waals surface area contributed by atoms with Gasteiger partial charge in [-0.25, -0.2) is 14.5 Å². The minimum Gasteiger partial charge on any atom is -0.508 e. The Hall–Kier alpha value is -4.64. The second-order valence-corrected chi connectivity index (χ2v) is 9.95. The van der Waals surface area contributed by atoms with E-state index in [1.165, 1.54) is 0 Å². The summed E-state index contributed by atoms with van der Waals surface area (Å²) in [6, 6.07) is 9.29. The van der Waals surface area contributed by atoms with E-state index in [1.807, 2.05) is 36.8 Å². The Bertz CT molecular complexity index is 1540. The number of methoxy groups -OCH3 is 1. The van der Waals surface area contributed by atoms with Gasteiger partial charge in [-0.1, -0.05) is 6.92 Å². The van der Waals surface area contributed by atoms with E-state index in [0.717, 1.165) is 59.1 Å². The van der Waals surface area contributed by atoms with E-state index in [-0.39, 0.29) is 24.4 Å². The first-order valence-corrected chi connectivity index (χ1v) is 13.5. The van der Waals surface area contributed by atoms with Crippen LogP contribution in [0.1, 0.15) is 49.3 Å². The fraction of sp³-hybridized carbons (Fsp3) is 0.333. The van der Waals surface area contributed by atoms with E-state index in [1.54, 1.807) is 31.5 Å². The molecule has 0 unspecified atom stereocenters. The predicted octanol–water partition coefficient (Wildman–Crippen LogP) is 4.43. The number of nitrogens with zero attached hydrogens (tertiary/aromatic N) is 4. The van der Waals surface area contributed by atoms with Crippen LogP contribution in [0.2, 0.25) is 0 Å². The number of aromatic hydroxyl groups is 1. The van der Waals surface area contributed by atoms with Gasteiger partial charge in [0.1, 0.15) is 11.6 Å². The zero-order chi connectivity index (χ0) is 29.5. The highest BCUT2D eigenvalue weighted by Gasteiger charge is 2.23. The van der Waals surface area contributed by atoms with Gasteiger partial charge in [0.05, 0.1) is 41.9 Å². The van der Waals surface area contributed by atoms with E-state index in [2.05, 4.69) is 21.5 Å². The Labute approximate surface area is 238 Å². The number of amidine groups is 1. The standard InChI is InChI=1S/C29H34N6O3.CH2O2/c1-4-18-12-22(37)9-10-25(18)34-29(30)24-15-32-35-16-19(23-14-31-27(38-3)11-17(23)2)13-26(35)28(24)33-20-5-7-21(36)8-6-20;2-1-3/h9-16,20-21,33,36-37H,4-8H2,1-3H3,(H2,30,34);1H,(H,2,3). The summed E-state index contributed by atoms with van der Waals surface area (Å²) in [5.41, 5.74) is 13.7. The molecular formula is C30H36N6O5. The smallest absolute Gasteiger partial charge is 0.290 e. The molecule has 0 bridgehead atoms. The van der Waals surface area contributed by atoms with Crippen molar-refractivity contribution in [3.63, 3.8) is 0 Å². The maximum atomic E-state index is 10.0. The van der Waals surface area contributed by atoms with Gasteiger partial charge < -0.3 is 31.1 Å². The number of aliphatic imine (C=N–C) groups is 1. The number of hydrogen-bond acceptors (Lipinski definition) is 8. The second-order valence-electron chi connectivity index (χ2n) is 9.95. The number of aliphatic hydroxyl groups is 1. The van der Waals surface area contributed by atoms with Crippen LogP contribution in [-0.4, -0.2) is 61.5 Å². The fourth-order valence-electron chi connectivity index (χ4n) is 5.07. The number of phenols is 1. The van der Waals surface area contributed by atoms with Crippen LogP contribution in [0.4, 0.5) is 11.4 Å². The minimum absolute atomic E-state index is 0.193. The van der Waals surface area contributed by atoms with E-state index < -0.39 is 0 Å². The summed E-state index contributed by atoms with van der Waals surface area (Å²) >= 11 is 0. The van der Waals surface area contributed by atoms with Gasteiger partial charge in [-0.15, -0.1) is 0 Å². The number of carboxylic acid groups (broad SMARTS) is 1. The average Bonchev–Trinajstić information content (AvgIpc) is 3.40. The van der Waals surface area contributed by atoms with E-state index in [9.17, 15) is 10.2 Å². The molecule has 11 heteroatoms. The SMILES string of the molecule is CCc1cc(O)ccc1N=C(N)c1cnn2cc(-c3cnc(OC)cc3C)cc2c1NC1CCC(O)CC1.O=CO. The number of aryl methyl sites for hydroxylation is 2. The number of hydrogen-bond donors (Lipinski definition) is 5. The molecule has 216 valence electrons. The summed E-state index contributed by atoms with van der Waals surface area (Å²) in [6.07, 6.45) is 9.23. The van der Waals surface area contributed by atoms with Crippen molar-refractivity contribution in [3.8, 4) is 22.8 Å². The molecule has 0 radical (unpaired) electrons. The molecule has 3 aromatic heterocycles. The summed E-state index contributed by atoms with van der Waals surface area (Å²) in [6.45, 7) is 3.79. The van der Waals surface area contributed by atoms with Crippen molar-refractivity contribution in [2.24, 2.45) is 10.7 Å². The van der Waals surface area contributed by atoms with Crippen LogP contribution >= 0.6 is 0 Å². The molecule has 6 N–H and O–H groups in total. The van der Waals surface area contributed by atoms with Crippen LogP contribution in [0, 0.1) is 6.92 Å². The fourth-order valence-corrected chi connectivity index (χ4v) is 5.07. The zero-order valence-corrected chi connectivity index (χ0v) is 23.4. The number of aromatic nitrogens is 3. The summed E-state index contributed by atoms with van der Waals surface area (Å²) in [4.78, 5) is 17.5. The zero-order valence-electron chi connectivity index (χ0n) is 23.4. The van der Waals surface area contributed by atoms with Gasteiger partial charge >= 0.3 is 0 Å². The third-order valence-electron chi connectivity index (χ3n) is 7.25. The first-order valence-electron chi connectivity index (χ1n) is 13.5. The number of benzene rings is 1. The number of nitrogens with two attached hydrogens (primary N) is 1. The Balaban J connectivity index is 0.00000124. The van der Waals surface area contributed by atoms with Gasteiger partial charge in [0.2, 0.25) is 5.88 Å². The average molecular weight is 561 g/mol. The highest BCUT2D eigenvalue weighted by atomic mass is 16.5. The van der Waals surface area contributed by atoms with Gasteiger partial charge in [-0.05, 0) is 74.4 Å². The lowest BCUT2D eigenvalue weighted by Gasteiger charge is -2.28. The molecule has 1 saturated carbocycles. The van der Waals surface area contributed by atoms with Crippen molar-refractivity contribution >= 4 is 29.2 Å². The first kappa shape index (κ1) is 29.3. The highest BCUT2D eigenvalue weighted by Crippen LogP contribution is 2.33.